The molecular weight excluding hydrogens is 304 g/mol. The summed E-state index contributed by atoms with van der Waals surface area (Å²) < 4.78 is 1.86. The molecule has 0 spiro atoms. The standard InChI is InChI=1S/C18H24N4O2/c1-13-15(8-19-21(13)2)9-22-10-16(12-23)17(11-22)20-18(24)14-6-4-3-5-7-14/h3-8,16-17,23H,9-12H2,1-2H3,(H,20,24)/t16-,17+/m0/s1. The van der Waals surface area contributed by atoms with Crippen molar-refractivity contribution in [3.8, 4) is 0 Å². The first-order valence-corrected chi connectivity index (χ1v) is 8.25. The summed E-state index contributed by atoms with van der Waals surface area (Å²) in [6.07, 6.45) is 1.89. The quantitative estimate of drug-likeness (QED) is 0.857. The molecule has 0 aliphatic carbocycles. The maximum absolute atomic E-state index is 12.4. The summed E-state index contributed by atoms with van der Waals surface area (Å²) in [6.45, 7) is 4.41. The first kappa shape index (κ1) is 16.7. The Kier molecular flexibility index (Phi) is 4.97. The third-order valence-electron chi connectivity index (χ3n) is 4.83. The molecule has 0 unspecified atom stereocenters. The maximum atomic E-state index is 12.4. The molecular formula is C18H24N4O2. The van der Waals surface area contributed by atoms with E-state index in [1.807, 2.05) is 36.1 Å². The van der Waals surface area contributed by atoms with Gasteiger partial charge in [0.25, 0.3) is 5.91 Å². The average molecular weight is 328 g/mol. The number of hydrogen-bond acceptors (Lipinski definition) is 4. The van der Waals surface area contributed by atoms with Gasteiger partial charge in [0.05, 0.1) is 6.20 Å². The number of rotatable bonds is 5. The molecule has 3 rings (SSSR count). The van der Waals surface area contributed by atoms with Gasteiger partial charge in [-0.15, -0.1) is 0 Å². The van der Waals surface area contributed by atoms with Crippen molar-refractivity contribution in [2.24, 2.45) is 13.0 Å². The molecule has 0 bridgehead atoms. The Morgan fingerprint density at radius 2 is 2.08 bits per heavy atom. The zero-order valence-electron chi connectivity index (χ0n) is 14.1. The number of benzene rings is 1. The number of likely N-dealkylation sites (tertiary alicyclic amines) is 1. The van der Waals surface area contributed by atoms with E-state index in [2.05, 4.69) is 22.2 Å². The highest BCUT2D eigenvalue weighted by atomic mass is 16.3. The van der Waals surface area contributed by atoms with Gasteiger partial charge in [0.2, 0.25) is 0 Å². The van der Waals surface area contributed by atoms with Crippen LogP contribution in [0.4, 0.5) is 0 Å². The van der Waals surface area contributed by atoms with Gasteiger partial charge in [-0.05, 0) is 19.1 Å². The number of amides is 1. The predicted octanol–water partition coefficient (Wildman–Crippen LogP) is 0.951. The van der Waals surface area contributed by atoms with Crippen LogP contribution in [0.3, 0.4) is 0 Å². The highest BCUT2D eigenvalue weighted by molar-refractivity contribution is 5.94. The van der Waals surface area contributed by atoms with Crippen molar-refractivity contribution in [3.63, 3.8) is 0 Å². The van der Waals surface area contributed by atoms with E-state index in [0.29, 0.717) is 5.56 Å². The number of aryl methyl sites for hydroxylation is 1. The predicted molar refractivity (Wildman–Crippen MR) is 91.5 cm³/mol. The fraction of sp³-hybridized carbons (Fsp3) is 0.444. The van der Waals surface area contributed by atoms with Gasteiger partial charge in [-0.3, -0.25) is 14.4 Å². The lowest BCUT2D eigenvalue weighted by molar-refractivity contribution is 0.0921. The minimum atomic E-state index is -0.0848. The number of carbonyl (C=O) groups excluding carboxylic acids is 1. The fourth-order valence-electron chi connectivity index (χ4n) is 3.22. The molecule has 128 valence electrons. The number of nitrogens with zero attached hydrogens (tertiary/aromatic N) is 3. The van der Waals surface area contributed by atoms with Crippen molar-refractivity contribution in [2.75, 3.05) is 19.7 Å². The molecule has 1 fully saturated rings. The van der Waals surface area contributed by atoms with E-state index < -0.39 is 0 Å². The van der Waals surface area contributed by atoms with Crippen molar-refractivity contribution >= 4 is 5.91 Å². The zero-order valence-corrected chi connectivity index (χ0v) is 14.1. The average Bonchev–Trinajstić information content (AvgIpc) is 3.13. The summed E-state index contributed by atoms with van der Waals surface area (Å²) in [7, 11) is 1.93. The van der Waals surface area contributed by atoms with Crippen LogP contribution in [-0.2, 0) is 13.6 Å². The van der Waals surface area contributed by atoms with Crippen molar-refractivity contribution < 1.29 is 9.90 Å². The summed E-state index contributed by atoms with van der Waals surface area (Å²) >= 11 is 0. The normalized spacial score (nSPS) is 21.1. The van der Waals surface area contributed by atoms with Crippen LogP contribution in [0.2, 0.25) is 0 Å². The van der Waals surface area contributed by atoms with Gasteiger partial charge in [-0.2, -0.15) is 5.10 Å². The number of aliphatic hydroxyl groups excluding tert-OH is 1. The lowest BCUT2D eigenvalue weighted by atomic mass is 10.0. The van der Waals surface area contributed by atoms with E-state index in [9.17, 15) is 9.90 Å². The van der Waals surface area contributed by atoms with Gasteiger partial charge in [-0.1, -0.05) is 18.2 Å². The molecule has 1 aromatic carbocycles. The van der Waals surface area contributed by atoms with E-state index >= 15 is 0 Å². The van der Waals surface area contributed by atoms with E-state index in [-0.39, 0.29) is 24.5 Å². The third kappa shape index (κ3) is 3.49. The second-order valence-corrected chi connectivity index (χ2v) is 6.46. The lowest BCUT2D eigenvalue weighted by Gasteiger charge is -2.18. The molecule has 2 aromatic rings. The van der Waals surface area contributed by atoms with Crippen LogP contribution in [-0.4, -0.2) is 51.4 Å². The van der Waals surface area contributed by atoms with E-state index in [1.54, 1.807) is 12.1 Å². The number of nitrogens with one attached hydrogen (secondary N) is 1. The van der Waals surface area contributed by atoms with E-state index in [1.165, 1.54) is 5.56 Å². The lowest BCUT2D eigenvalue weighted by Crippen LogP contribution is -2.41. The van der Waals surface area contributed by atoms with Gasteiger partial charge in [0.15, 0.2) is 0 Å². The second-order valence-electron chi connectivity index (χ2n) is 6.46. The smallest absolute Gasteiger partial charge is 0.251 e. The Morgan fingerprint density at radius 1 is 1.33 bits per heavy atom. The highest BCUT2D eigenvalue weighted by Gasteiger charge is 2.33. The van der Waals surface area contributed by atoms with Gasteiger partial charge in [0.1, 0.15) is 0 Å². The van der Waals surface area contributed by atoms with Gasteiger partial charge in [-0.25, -0.2) is 0 Å². The number of aliphatic hydroxyl groups is 1. The number of carbonyl (C=O) groups is 1. The zero-order chi connectivity index (χ0) is 17.1. The summed E-state index contributed by atoms with van der Waals surface area (Å²) in [6, 6.07) is 9.15. The molecule has 1 aliphatic heterocycles. The number of aromatic nitrogens is 2. The molecule has 0 radical (unpaired) electrons. The molecule has 1 saturated heterocycles. The molecule has 6 heteroatoms. The molecule has 0 saturated carbocycles. The van der Waals surface area contributed by atoms with Crippen molar-refractivity contribution in [1.82, 2.24) is 20.0 Å². The largest absolute Gasteiger partial charge is 0.396 e. The minimum absolute atomic E-state index is 0.0420. The molecule has 1 aliphatic rings. The summed E-state index contributed by atoms with van der Waals surface area (Å²) in [5.74, 6) is -0.0342. The highest BCUT2D eigenvalue weighted by Crippen LogP contribution is 2.20. The van der Waals surface area contributed by atoms with Crippen molar-refractivity contribution in [1.29, 1.82) is 0 Å². The molecule has 1 amide bonds. The van der Waals surface area contributed by atoms with Crippen LogP contribution in [0, 0.1) is 12.8 Å². The van der Waals surface area contributed by atoms with E-state index in [0.717, 1.165) is 25.3 Å². The minimum Gasteiger partial charge on any atom is -0.396 e. The summed E-state index contributed by atoms with van der Waals surface area (Å²) in [5, 5.41) is 17.0. The monoisotopic (exact) mass is 328 g/mol. The van der Waals surface area contributed by atoms with Crippen LogP contribution in [0.25, 0.3) is 0 Å². The molecule has 2 atom stereocenters. The van der Waals surface area contributed by atoms with E-state index in [4.69, 9.17) is 0 Å². The summed E-state index contributed by atoms with van der Waals surface area (Å²) in [4.78, 5) is 14.6. The SMILES string of the molecule is Cc1c(CN2C[C@@H](CO)[C@H](NC(=O)c3ccccc3)C2)cnn1C. The van der Waals surface area contributed by atoms with Gasteiger partial charge < -0.3 is 10.4 Å². The Labute approximate surface area is 142 Å². The van der Waals surface area contributed by atoms with Crippen LogP contribution < -0.4 is 5.32 Å². The van der Waals surface area contributed by atoms with Gasteiger partial charge >= 0.3 is 0 Å². The topological polar surface area (TPSA) is 70.4 Å². The van der Waals surface area contributed by atoms with Crippen molar-refractivity contribution in [3.05, 3.63) is 53.3 Å². The van der Waals surface area contributed by atoms with Crippen LogP contribution in [0.5, 0.6) is 0 Å². The Morgan fingerprint density at radius 3 is 2.71 bits per heavy atom. The molecule has 2 heterocycles. The molecule has 24 heavy (non-hydrogen) atoms. The molecule has 1 aromatic heterocycles. The third-order valence-corrected chi connectivity index (χ3v) is 4.83. The number of hydrogen-bond donors (Lipinski definition) is 2. The molecule has 6 nitrogen and oxygen atoms in total. The molecule has 2 N–H and O–H groups in total. The Balaban J connectivity index is 1.64. The second kappa shape index (κ2) is 7.15. The van der Waals surface area contributed by atoms with Crippen LogP contribution in [0.15, 0.2) is 36.5 Å². The first-order chi connectivity index (χ1) is 11.6. The summed E-state index contributed by atoms with van der Waals surface area (Å²) in [5.41, 5.74) is 2.98. The van der Waals surface area contributed by atoms with Gasteiger partial charge in [0, 0.05) is 62.1 Å². The Bertz CT molecular complexity index is 698. The van der Waals surface area contributed by atoms with Crippen LogP contribution in [0.1, 0.15) is 21.6 Å². The van der Waals surface area contributed by atoms with Crippen molar-refractivity contribution in [2.45, 2.75) is 19.5 Å². The maximum Gasteiger partial charge on any atom is 0.251 e. The fourth-order valence-corrected chi connectivity index (χ4v) is 3.22. The Hall–Kier alpha value is -2.18. The first-order valence-electron chi connectivity index (χ1n) is 8.25. The van der Waals surface area contributed by atoms with Crippen LogP contribution >= 0.6 is 0 Å².